The van der Waals surface area contributed by atoms with Gasteiger partial charge in [-0.1, -0.05) is 44.2 Å². The molecular formula is C22H28N2O2. The van der Waals surface area contributed by atoms with Crippen molar-refractivity contribution in [2.75, 3.05) is 11.9 Å². The molecule has 2 unspecified atom stereocenters. The van der Waals surface area contributed by atoms with Crippen LogP contribution in [-0.2, 0) is 5.66 Å². The van der Waals surface area contributed by atoms with E-state index in [1.54, 1.807) is 0 Å². The molecule has 1 amide bonds. The molecule has 1 aliphatic heterocycles. The van der Waals surface area contributed by atoms with Gasteiger partial charge < -0.3 is 15.0 Å². The number of carbonyl (C=O) groups is 1. The molecule has 0 saturated carbocycles. The van der Waals surface area contributed by atoms with Gasteiger partial charge in [0.15, 0.2) is 0 Å². The summed E-state index contributed by atoms with van der Waals surface area (Å²) in [5.41, 5.74) is 1.91. The van der Waals surface area contributed by atoms with Crippen LogP contribution in [0.4, 0.5) is 5.69 Å². The fraction of sp³-hybridized carbons (Fsp3) is 0.409. The second-order valence-electron chi connectivity index (χ2n) is 7.03. The summed E-state index contributed by atoms with van der Waals surface area (Å²) in [5, 5.41) is 3.61. The molecule has 1 aliphatic rings. The zero-order chi connectivity index (χ0) is 18.7. The first kappa shape index (κ1) is 18.3. The lowest BCUT2D eigenvalue weighted by atomic mass is 9.92. The number of hydrogen-bond donors (Lipinski definition) is 1. The molecule has 26 heavy (non-hydrogen) atoms. The number of ether oxygens (including phenoxy) is 1. The van der Waals surface area contributed by atoms with Gasteiger partial charge in [-0.15, -0.1) is 0 Å². The van der Waals surface area contributed by atoms with Crippen molar-refractivity contribution in [3.63, 3.8) is 0 Å². The van der Waals surface area contributed by atoms with Gasteiger partial charge >= 0.3 is 0 Å². The average Bonchev–Trinajstić information content (AvgIpc) is 2.65. The number of hydrogen-bond acceptors (Lipinski definition) is 3. The van der Waals surface area contributed by atoms with Gasteiger partial charge in [0, 0.05) is 17.8 Å². The van der Waals surface area contributed by atoms with E-state index < -0.39 is 5.66 Å². The van der Waals surface area contributed by atoms with Gasteiger partial charge in [-0.2, -0.15) is 0 Å². The molecule has 0 spiro atoms. The van der Waals surface area contributed by atoms with Gasteiger partial charge in [0.2, 0.25) is 0 Å². The zero-order valence-corrected chi connectivity index (χ0v) is 16.1. The molecule has 2 atom stereocenters. The first-order valence-corrected chi connectivity index (χ1v) is 9.46. The number of benzene rings is 2. The molecule has 0 aromatic heterocycles. The van der Waals surface area contributed by atoms with Crippen LogP contribution in [-0.4, -0.2) is 23.5 Å². The Bertz CT molecular complexity index is 789. The monoisotopic (exact) mass is 352 g/mol. The highest BCUT2D eigenvalue weighted by atomic mass is 16.5. The number of para-hydroxylation sites is 2. The van der Waals surface area contributed by atoms with Crippen LogP contribution in [0, 0.1) is 0 Å². The van der Waals surface area contributed by atoms with Crippen molar-refractivity contribution in [1.82, 2.24) is 4.90 Å². The van der Waals surface area contributed by atoms with E-state index in [0.29, 0.717) is 6.54 Å². The zero-order valence-electron chi connectivity index (χ0n) is 16.1. The van der Waals surface area contributed by atoms with E-state index in [1.165, 1.54) is 0 Å². The molecule has 0 aliphatic carbocycles. The van der Waals surface area contributed by atoms with Crippen LogP contribution in [0.1, 0.15) is 56.5 Å². The van der Waals surface area contributed by atoms with Crippen molar-refractivity contribution in [2.45, 2.75) is 52.3 Å². The molecule has 0 saturated heterocycles. The molecule has 0 fully saturated rings. The van der Waals surface area contributed by atoms with Crippen molar-refractivity contribution < 1.29 is 9.53 Å². The van der Waals surface area contributed by atoms with Gasteiger partial charge in [0.05, 0.1) is 11.7 Å². The maximum atomic E-state index is 13.2. The summed E-state index contributed by atoms with van der Waals surface area (Å²) in [4.78, 5) is 15.2. The lowest BCUT2D eigenvalue weighted by molar-refractivity contribution is 0.0526. The average molecular weight is 352 g/mol. The third-order valence-corrected chi connectivity index (χ3v) is 5.08. The number of fused-ring (bicyclic) bond motifs is 1. The quantitative estimate of drug-likeness (QED) is 0.794. The highest BCUT2D eigenvalue weighted by Gasteiger charge is 2.43. The molecule has 2 aromatic rings. The molecule has 0 radical (unpaired) electrons. The second-order valence-corrected chi connectivity index (χ2v) is 7.03. The highest BCUT2D eigenvalue weighted by molar-refractivity contribution is 6.02. The Balaban J connectivity index is 2.11. The number of amides is 1. The van der Waals surface area contributed by atoms with E-state index in [2.05, 4.69) is 39.1 Å². The van der Waals surface area contributed by atoms with Crippen LogP contribution in [0.15, 0.2) is 48.5 Å². The van der Waals surface area contributed by atoms with Crippen LogP contribution >= 0.6 is 0 Å². The molecule has 1 heterocycles. The lowest BCUT2D eigenvalue weighted by Gasteiger charge is -2.47. The minimum Gasteiger partial charge on any atom is -0.490 e. The van der Waals surface area contributed by atoms with E-state index in [1.807, 2.05) is 47.4 Å². The predicted molar refractivity (Wildman–Crippen MR) is 106 cm³/mol. The minimum absolute atomic E-state index is 0.0574. The number of carbonyl (C=O) groups excluding carboxylic acids is 1. The summed E-state index contributed by atoms with van der Waals surface area (Å²) < 4.78 is 6.18. The molecule has 4 nitrogen and oxygen atoms in total. The SMILES string of the molecule is CCCN1C(=O)c2ccccc2NC1(C)c1ccccc1OC(C)CC. The van der Waals surface area contributed by atoms with Crippen LogP contribution in [0.3, 0.4) is 0 Å². The first-order chi connectivity index (χ1) is 12.5. The Kier molecular flexibility index (Phi) is 5.21. The maximum Gasteiger partial charge on any atom is 0.258 e. The second kappa shape index (κ2) is 7.40. The lowest BCUT2D eigenvalue weighted by Crippen LogP contribution is -2.56. The first-order valence-electron chi connectivity index (χ1n) is 9.46. The van der Waals surface area contributed by atoms with Gasteiger partial charge in [0.25, 0.3) is 5.91 Å². The van der Waals surface area contributed by atoms with Crippen molar-refractivity contribution in [3.05, 3.63) is 59.7 Å². The van der Waals surface area contributed by atoms with Gasteiger partial charge in [-0.3, -0.25) is 4.79 Å². The standard InChI is InChI=1S/C22H28N2O2/c1-5-15-24-21(25)17-11-7-9-13-19(17)23-22(24,4)18-12-8-10-14-20(18)26-16(3)6-2/h7-14,16,23H,5-6,15H2,1-4H3. The maximum absolute atomic E-state index is 13.2. The number of nitrogens with one attached hydrogen (secondary N) is 1. The van der Waals surface area contributed by atoms with Crippen molar-refractivity contribution >= 4 is 11.6 Å². The molecular weight excluding hydrogens is 324 g/mol. The predicted octanol–water partition coefficient (Wildman–Crippen LogP) is 5.01. The van der Waals surface area contributed by atoms with Crippen molar-refractivity contribution in [3.8, 4) is 5.75 Å². The third kappa shape index (κ3) is 3.16. The summed E-state index contributed by atoms with van der Waals surface area (Å²) in [5.74, 6) is 0.882. The van der Waals surface area contributed by atoms with Gasteiger partial charge in [-0.05, 0) is 44.9 Å². The van der Waals surface area contributed by atoms with E-state index in [9.17, 15) is 4.79 Å². The summed E-state index contributed by atoms with van der Waals surface area (Å²) in [7, 11) is 0. The van der Waals surface area contributed by atoms with Gasteiger partial charge in [0.1, 0.15) is 11.4 Å². The normalized spacial score (nSPS) is 20.3. The van der Waals surface area contributed by atoms with E-state index in [0.717, 1.165) is 35.4 Å². The van der Waals surface area contributed by atoms with E-state index in [-0.39, 0.29) is 12.0 Å². The third-order valence-electron chi connectivity index (χ3n) is 5.08. The molecule has 1 N–H and O–H groups in total. The van der Waals surface area contributed by atoms with E-state index >= 15 is 0 Å². The number of rotatable bonds is 6. The van der Waals surface area contributed by atoms with Crippen molar-refractivity contribution in [2.24, 2.45) is 0 Å². The Morgan fingerprint density at radius 3 is 2.54 bits per heavy atom. The summed E-state index contributed by atoms with van der Waals surface area (Å²) in [6, 6.07) is 15.7. The Labute approximate surface area is 156 Å². The fourth-order valence-electron chi connectivity index (χ4n) is 3.49. The highest BCUT2D eigenvalue weighted by Crippen LogP contribution is 2.41. The largest absolute Gasteiger partial charge is 0.490 e. The van der Waals surface area contributed by atoms with Crippen molar-refractivity contribution in [1.29, 1.82) is 0 Å². The summed E-state index contributed by atoms with van der Waals surface area (Å²) in [6.45, 7) is 9.01. The van der Waals surface area contributed by atoms with Crippen LogP contribution in [0.5, 0.6) is 5.75 Å². The molecule has 0 bridgehead atoms. The molecule has 138 valence electrons. The van der Waals surface area contributed by atoms with E-state index in [4.69, 9.17) is 4.74 Å². The summed E-state index contributed by atoms with van der Waals surface area (Å²) in [6.07, 6.45) is 1.93. The van der Waals surface area contributed by atoms with Crippen LogP contribution in [0.25, 0.3) is 0 Å². The fourth-order valence-corrected chi connectivity index (χ4v) is 3.49. The Morgan fingerprint density at radius 1 is 1.12 bits per heavy atom. The molecule has 2 aromatic carbocycles. The molecule has 4 heteroatoms. The number of nitrogens with zero attached hydrogens (tertiary/aromatic N) is 1. The Hall–Kier alpha value is -2.49. The smallest absolute Gasteiger partial charge is 0.258 e. The van der Waals surface area contributed by atoms with Gasteiger partial charge in [-0.25, -0.2) is 0 Å². The number of anilines is 1. The molecule has 3 rings (SSSR count). The van der Waals surface area contributed by atoms with Crippen LogP contribution < -0.4 is 10.1 Å². The topological polar surface area (TPSA) is 41.6 Å². The Morgan fingerprint density at radius 2 is 1.81 bits per heavy atom. The minimum atomic E-state index is -0.661. The summed E-state index contributed by atoms with van der Waals surface area (Å²) >= 11 is 0. The van der Waals surface area contributed by atoms with Crippen LogP contribution in [0.2, 0.25) is 0 Å².